The van der Waals surface area contributed by atoms with Gasteiger partial charge in [-0.15, -0.1) is 0 Å². The summed E-state index contributed by atoms with van der Waals surface area (Å²) in [5.74, 6) is -0.390. The summed E-state index contributed by atoms with van der Waals surface area (Å²) in [6, 6.07) is 16.4. The van der Waals surface area contributed by atoms with Crippen molar-refractivity contribution in [2.24, 2.45) is 5.73 Å². The number of aromatic amines is 1. The summed E-state index contributed by atoms with van der Waals surface area (Å²) in [5, 5.41) is 5.39. The van der Waals surface area contributed by atoms with Crippen LogP contribution in [0.15, 0.2) is 79.1 Å². The molecule has 5 aromatic rings. The number of nitrogens with zero attached hydrogens (tertiary/aromatic N) is 2. The second-order valence-corrected chi connectivity index (χ2v) is 7.36. The summed E-state index contributed by atoms with van der Waals surface area (Å²) in [4.78, 5) is 2.88. The number of alkyl halides is 3. The van der Waals surface area contributed by atoms with Gasteiger partial charge in [0.05, 0.1) is 22.9 Å². The van der Waals surface area contributed by atoms with Gasteiger partial charge in [-0.05, 0) is 53.4 Å². The third-order valence-electron chi connectivity index (χ3n) is 5.55. The Balaban J connectivity index is 1.70. The molecule has 1 unspecified atom stereocenters. The van der Waals surface area contributed by atoms with Crippen LogP contribution in [0.2, 0.25) is 0 Å². The molecule has 3 aromatic carbocycles. The molecule has 3 N–H and O–H groups in total. The van der Waals surface area contributed by atoms with Crippen LogP contribution in [0, 0.1) is 5.82 Å². The van der Waals surface area contributed by atoms with Gasteiger partial charge in [-0.25, -0.2) is 9.07 Å². The zero-order valence-corrected chi connectivity index (χ0v) is 16.0. The number of nitrogens with two attached hydrogens (primary N) is 1. The Hall–Kier alpha value is -3.65. The first-order valence-electron chi connectivity index (χ1n) is 9.45. The first kappa shape index (κ1) is 19.3. The zero-order valence-electron chi connectivity index (χ0n) is 16.0. The largest absolute Gasteiger partial charge is 0.414 e. The van der Waals surface area contributed by atoms with Crippen molar-refractivity contribution >= 4 is 21.8 Å². The van der Waals surface area contributed by atoms with Crippen LogP contribution in [0.5, 0.6) is 0 Å². The molecular weight excluding hydrogens is 408 g/mol. The van der Waals surface area contributed by atoms with E-state index in [4.69, 9.17) is 5.73 Å². The number of halogens is 4. The van der Waals surface area contributed by atoms with Crippen LogP contribution >= 0.6 is 0 Å². The molecule has 2 heterocycles. The van der Waals surface area contributed by atoms with Crippen LogP contribution in [0.25, 0.3) is 27.5 Å². The molecule has 5 rings (SSSR count). The standard InChI is InChI=1S/C23H16F4N4/c24-17-5-7-18(8-6-17)31-20-9-4-16(12-15(20)13-30-31)22(28,23(25,26)27)19-3-1-2-14-10-11-29-21(14)19/h1-13,29H,28H2. The van der Waals surface area contributed by atoms with Crippen molar-refractivity contribution in [3.05, 3.63) is 96.1 Å². The van der Waals surface area contributed by atoms with E-state index in [2.05, 4.69) is 10.1 Å². The Morgan fingerprint density at radius 1 is 0.903 bits per heavy atom. The molecule has 4 nitrogen and oxygen atoms in total. The monoisotopic (exact) mass is 424 g/mol. The minimum Gasteiger partial charge on any atom is -0.361 e. The van der Waals surface area contributed by atoms with Gasteiger partial charge in [0.25, 0.3) is 0 Å². The maximum Gasteiger partial charge on any atom is 0.414 e. The third kappa shape index (κ3) is 2.90. The van der Waals surface area contributed by atoms with E-state index >= 15 is 0 Å². The second-order valence-electron chi connectivity index (χ2n) is 7.36. The maximum atomic E-state index is 14.4. The van der Waals surface area contributed by atoms with Gasteiger partial charge in [0.2, 0.25) is 0 Å². The molecule has 0 bridgehead atoms. The predicted molar refractivity (Wildman–Crippen MR) is 110 cm³/mol. The van der Waals surface area contributed by atoms with Crippen LogP contribution in [0.4, 0.5) is 17.6 Å². The lowest BCUT2D eigenvalue weighted by atomic mass is 9.81. The molecule has 2 aromatic heterocycles. The number of H-pyrrole nitrogens is 1. The van der Waals surface area contributed by atoms with E-state index in [0.717, 1.165) is 0 Å². The first-order chi connectivity index (χ1) is 14.8. The Bertz CT molecular complexity index is 1400. The summed E-state index contributed by atoms with van der Waals surface area (Å²) < 4.78 is 58.0. The molecule has 1 atom stereocenters. The Kier molecular flexibility index (Phi) is 4.16. The van der Waals surface area contributed by atoms with Gasteiger partial charge < -0.3 is 10.7 Å². The fourth-order valence-corrected chi connectivity index (χ4v) is 3.95. The normalized spacial score (nSPS) is 14.2. The lowest BCUT2D eigenvalue weighted by Crippen LogP contribution is -2.51. The zero-order chi connectivity index (χ0) is 21.8. The van der Waals surface area contributed by atoms with E-state index in [1.165, 1.54) is 41.2 Å². The highest BCUT2D eigenvalue weighted by molar-refractivity contribution is 5.86. The number of nitrogens with one attached hydrogen (secondary N) is 1. The van der Waals surface area contributed by atoms with Crippen molar-refractivity contribution in [1.82, 2.24) is 14.8 Å². The van der Waals surface area contributed by atoms with Gasteiger partial charge in [-0.2, -0.15) is 18.3 Å². The Morgan fingerprint density at radius 2 is 1.68 bits per heavy atom. The van der Waals surface area contributed by atoms with Crippen molar-refractivity contribution in [1.29, 1.82) is 0 Å². The van der Waals surface area contributed by atoms with Gasteiger partial charge in [-0.1, -0.05) is 24.3 Å². The first-order valence-corrected chi connectivity index (χ1v) is 9.45. The van der Waals surface area contributed by atoms with E-state index in [0.29, 0.717) is 27.5 Å². The minimum atomic E-state index is -4.76. The average molecular weight is 424 g/mol. The number of fused-ring (bicyclic) bond motifs is 2. The summed E-state index contributed by atoms with van der Waals surface area (Å²) in [7, 11) is 0. The molecular formula is C23H16F4N4. The topological polar surface area (TPSA) is 59.6 Å². The smallest absolute Gasteiger partial charge is 0.361 e. The summed E-state index contributed by atoms with van der Waals surface area (Å²) >= 11 is 0. The molecule has 0 fully saturated rings. The van der Waals surface area contributed by atoms with E-state index in [9.17, 15) is 17.6 Å². The molecule has 156 valence electrons. The quantitative estimate of drug-likeness (QED) is 0.381. The fraction of sp³-hybridized carbons (Fsp3) is 0.0870. The fourth-order valence-electron chi connectivity index (χ4n) is 3.95. The van der Waals surface area contributed by atoms with Crippen LogP contribution in [-0.4, -0.2) is 20.9 Å². The lowest BCUT2D eigenvalue weighted by Gasteiger charge is -2.33. The molecule has 0 spiro atoms. The van der Waals surface area contributed by atoms with Gasteiger partial charge in [0.1, 0.15) is 5.82 Å². The third-order valence-corrected chi connectivity index (χ3v) is 5.55. The minimum absolute atomic E-state index is 0.0622. The highest BCUT2D eigenvalue weighted by atomic mass is 19.4. The highest BCUT2D eigenvalue weighted by Crippen LogP contribution is 2.44. The summed E-state index contributed by atoms with van der Waals surface area (Å²) in [5.41, 5.74) is 4.77. The molecule has 0 saturated carbocycles. The Morgan fingerprint density at radius 3 is 2.42 bits per heavy atom. The maximum absolute atomic E-state index is 14.4. The van der Waals surface area contributed by atoms with Crippen LogP contribution < -0.4 is 5.73 Å². The number of rotatable bonds is 3. The lowest BCUT2D eigenvalue weighted by molar-refractivity contribution is -0.176. The van der Waals surface area contributed by atoms with E-state index in [1.807, 2.05) is 0 Å². The van der Waals surface area contributed by atoms with E-state index < -0.39 is 11.7 Å². The van der Waals surface area contributed by atoms with Crippen molar-refractivity contribution in [3.8, 4) is 5.69 Å². The van der Waals surface area contributed by atoms with Gasteiger partial charge in [-0.3, -0.25) is 0 Å². The number of benzene rings is 3. The van der Waals surface area contributed by atoms with Crippen molar-refractivity contribution < 1.29 is 17.6 Å². The Labute approximate surface area is 173 Å². The molecule has 0 aliphatic heterocycles. The number of aromatic nitrogens is 3. The molecule has 8 heteroatoms. The summed E-state index contributed by atoms with van der Waals surface area (Å²) in [6.07, 6.45) is -1.71. The van der Waals surface area contributed by atoms with Crippen molar-refractivity contribution in [2.45, 2.75) is 11.7 Å². The number of para-hydroxylation sites is 1. The van der Waals surface area contributed by atoms with E-state index in [-0.39, 0.29) is 16.9 Å². The van der Waals surface area contributed by atoms with Crippen molar-refractivity contribution in [2.75, 3.05) is 0 Å². The van der Waals surface area contributed by atoms with Crippen LogP contribution in [-0.2, 0) is 5.54 Å². The molecule has 0 radical (unpaired) electrons. The molecule has 0 aliphatic rings. The molecule has 0 aliphatic carbocycles. The number of hydrogen-bond donors (Lipinski definition) is 2. The average Bonchev–Trinajstić information content (AvgIpc) is 3.39. The van der Waals surface area contributed by atoms with Gasteiger partial charge >= 0.3 is 6.18 Å². The van der Waals surface area contributed by atoms with Crippen molar-refractivity contribution in [3.63, 3.8) is 0 Å². The molecule has 0 saturated heterocycles. The predicted octanol–water partition coefficient (Wildman–Crippen LogP) is 5.41. The SMILES string of the molecule is NC(c1ccc2c(cnn2-c2ccc(F)cc2)c1)(c1cccc2cc[nH]c12)C(F)(F)F. The highest BCUT2D eigenvalue weighted by Gasteiger charge is 2.55. The van der Waals surface area contributed by atoms with E-state index in [1.54, 1.807) is 42.6 Å². The second kappa shape index (κ2) is 6.68. The van der Waals surface area contributed by atoms with Crippen LogP contribution in [0.1, 0.15) is 11.1 Å². The van der Waals surface area contributed by atoms with Crippen LogP contribution in [0.3, 0.4) is 0 Å². The number of hydrogen-bond acceptors (Lipinski definition) is 2. The summed E-state index contributed by atoms with van der Waals surface area (Å²) in [6.45, 7) is 0. The van der Waals surface area contributed by atoms with Gasteiger partial charge in [0, 0.05) is 17.1 Å². The van der Waals surface area contributed by atoms with Gasteiger partial charge in [0.15, 0.2) is 5.54 Å². The molecule has 31 heavy (non-hydrogen) atoms. The molecule has 0 amide bonds.